The van der Waals surface area contributed by atoms with E-state index in [4.69, 9.17) is 0 Å². The molecule has 0 spiro atoms. The molecular weight excluding hydrogens is 680 g/mol. The fourth-order valence-corrected chi connectivity index (χ4v) is 5.61. The van der Waals surface area contributed by atoms with Gasteiger partial charge in [0, 0.05) is 11.7 Å². The molecule has 47 heavy (non-hydrogen) atoms. The maximum absolute atomic E-state index is 13.4. The second kappa shape index (κ2) is 21.1. The standard InChI is InChI=1S/C16H36B.C12H2F8.C3H3F6P/c1-5-9-13-17(14-10-6-2,15-11-7-3)16-12-8-4;13-4-2-1-3(6(14)7(4)15)5-8(16)10(18)12(20)11(19)9(5)17;4-1-10-3(8,9)2(5,6)7/h5-16H2,1-4H3;1-2H;10H,1H2/q-1;;/p+1. The topological polar surface area (TPSA) is 0 Å². The van der Waals surface area contributed by atoms with Gasteiger partial charge in [-0.25, -0.2) is 39.5 Å². The number of halogens is 14. The molecule has 0 amide bonds. The summed E-state index contributed by atoms with van der Waals surface area (Å²) in [5, 5.41) is 0. The van der Waals surface area contributed by atoms with Crippen molar-refractivity contribution in [2.75, 3.05) is 6.42 Å². The molecule has 16 heteroatoms. The van der Waals surface area contributed by atoms with E-state index in [-0.39, 0.29) is 6.15 Å². The third-order valence-electron chi connectivity index (χ3n) is 7.91. The molecule has 0 heterocycles. The summed E-state index contributed by atoms with van der Waals surface area (Å²) in [6.45, 7) is 9.39. The average Bonchev–Trinajstić information content (AvgIpc) is 3.02. The summed E-state index contributed by atoms with van der Waals surface area (Å²) < 4.78 is 172. The highest BCUT2D eigenvalue weighted by Gasteiger charge is 2.62. The van der Waals surface area contributed by atoms with E-state index in [9.17, 15) is 61.5 Å². The second-order valence-electron chi connectivity index (χ2n) is 11.4. The normalized spacial score (nSPS) is 12.2. The number of alkyl halides is 6. The van der Waals surface area contributed by atoms with Gasteiger partial charge >= 0.3 is 11.8 Å². The van der Waals surface area contributed by atoms with Gasteiger partial charge in [-0.1, -0.05) is 79.1 Å². The van der Waals surface area contributed by atoms with E-state index < -0.39 is 84.5 Å². The zero-order chi connectivity index (χ0) is 36.6. The van der Waals surface area contributed by atoms with Gasteiger partial charge in [0.05, 0.1) is 5.56 Å². The third kappa shape index (κ3) is 13.4. The maximum Gasteiger partial charge on any atom is 0.493 e. The van der Waals surface area contributed by atoms with Crippen molar-refractivity contribution in [3.05, 3.63) is 58.7 Å². The number of hydrogen-bond donors (Lipinski definition) is 0. The average molecular weight is 722 g/mol. The Balaban J connectivity index is 0.000000715. The molecule has 0 aliphatic heterocycles. The largest absolute Gasteiger partial charge is 0.493 e. The summed E-state index contributed by atoms with van der Waals surface area (Å²) in [7, 11) is -2.51. The van der Waals surface area contributed by atoms with Crippen LogP contribution in [0, 0.1) is 46.5 Å². The zero-order valence-electron chi connectivity index (χ0n) is 26.8. The van der Waals surface area contributed by atoms with Crippen molar-refractivity contribution < 1.29 is 61.5 Å². The molecule has 0 aliphatic rings. The van der Waals surface area contributed by atoms with Crippen LogP contribution in [-0.4, -0.2) is 24.4 Å². The lowest BCUT2D eigenvalue weighted by molar-refractivity contribution is -0.239. The van der Waals surface area contributed by atoms with Crippen molar-refractivity contribution in [2.24, 2.45) is 0 Å². The Morgan fingerprint density at radius 3 is 1.19 bits per heavy atom. The quantitative estimate of drug-likeness (QED) is 0.0565. The minimum Gasteiger partial charge on any atom is -0.206 e. The van der Waals surface area contributed by atoms with Crippen LogP contribution in [0.4, 0.5) is 61.5 Å². The molecule has 0 bridgehead atoms. The SMILES string of the molecule is CCCC[B-](CCCC)(CCCC)CCCC.FC[PH2+]C(F)(F)C(F)(F)F.Fc1ccc(-c2c(F)c(F)c(F)c(F)c2F)c(F)c1F. The van der Waals surface area contributed by atoms with Gasteiger partial charge < -0.3 is 0 Å². The first kappa shape index (κ1) is 45.0. The van der Waals surface area contributed by atoms with Gasteiger partial charge in [0.2, 0.25) is 5.82 Å². The van der Waals surface area contributed by atoms with E-state index in [0.717, 1.165) is 0 Å². The molecule has 0 fully saturated rings. The third-order valence-corrected chi connectivity index (χ3v) is 8.90. The highest BCUT2D eigenvalue weighted by atomic mass is 31.1. The molecule has 0 aromatic heterocycles. The molecule has 2 rings (SSSR count). The lowest BCUT2D eigenvalue weighted by Crippen LogP contribution is -2.33. The molecule has 0 nitrogen and oxygen atoms in total. The first-order chi connectivity index (χ1) is 21.8. The molecule has 1 atom stereocenters. The maximum atomic E-state index is 13.4. The van der Waals surface area contributed by atoms with Crippen LogP contribution in [0.5, 0.6) is 0 Å². The van der Waals surface area contributed by atoms with Gasteiger partial charge in [-0.05, 0) is 12.1 Å². The Morgan fingerprint density at radius 1 is 0.532 bits per heavy atom. The van der Waals surface area contributed by atoms with Crippen LogP contribution >= 0.6 is 8.58 Å². The van der Waals surface area contributed by atoms with Crippen LogP contribution in [0.3, 0.4) is 0 Å². The molecule has 2 aromatic rings. The monoisotopic (exact) mass is 722 g/mol. The fraction of sp³-hybridized carbons (Fsp3) is 0.613. The van der Waals surface area contributed by atoms with Crippen LogP contribution in [-0.2, 0) is 0 Å². The van der Waals surface area contributed by atoms with Crippen molar-refractivity contribution in [3.8, 4) is 11.1 Å². The lowest BCUT2D eigenvalue weighted by Gasteiger charge is -2.40. The van der Waals surface area contributed by atoms with Crippen LogP contribution < -0.4 is 0 Å². The van der Waals surface area contributed by atoms with Gasteiger partial charge in [-0.15, -0.1) is 0 Å². The van der Waals surface area contributed by atoms with Gasteiger partial charge in [0.1, 0.15) is 8.58 Å². The highest BCUT2D eigenvalue weighted by Crippen LogP contribution is 2.48. The summed E-state index contributed by atoms with van der Waals surface area (Å²) in [6, 6.07) is 0.665. The summed E-state index contributed by atoms with van der Waals surface area (Å²) >= 11 is 0. The Hall–Kier alpha value is -2.05. The molecule has 0 radical (unpaired) electrons. The van der Waals surface area contributed by atoms with Crippen molar-refractivity contribution in [1.82, 2.24) is 0 Å². The Bertz CT molecular complexity index is 1150. The smallest absolute Gasteiger partial charge is 0.206 e. The van der Waals surface area contributed by atoms with Crippen LogP contribution in [0.15, 0.2) is 12.1 Å². The molecule has 0 aliphatic carbocycles. The van der Waals surface area contributed by atoms with E-state index >= 15 is 0 Å². The van der Waals surface area contributed by atoms with Crippen molar-refractivity contribution in [2.45, 2.75) is 116 Å². The van der Waals surface area contributed by atoms with E-state index in [1.165, 1.54) is 51.4 Å². The molecular formula is C31H42BF14P. The molecule has 2 aromatic carbocycles. The van der Waals surface area contributed by atoms with E-state index in [2.05, 4.69) is 27.7 Å². The van der Waals surface area contributed by atoms with E-state index in [0.29, 0.717) is 12.1 Å². The number of hydrogen-bond acceptors (Lipinski definition) is 0. The Morgan fingerprint density at radius 2 is 0.894 bits per heavy atom. The molecule has 0 saturated heterocycles. The lowest BCUT2D eigenvalue weighted by atomic mass is 9.17. The number of unbranched alkanes of at least 4 members (excludes halogenated alkanes) is 4. The summed E-state index contributed by atoms with van der Waals surface area (Å²) in [5.74, 6) is -17.6. The Kier molecular flexibility index (Phi) is 20.2. The van der Waals surface area contributed by atoms with Crippen molar-refractivity contribution in [3.63, 3.8) is 0 Å². The first-order valence-electron chi connectivity index (χ1n) is 15.5. The van der Waals surface area contributed by atoms with Gasteiger partial charge in [0.15, 0.2) is 47.1 Å². The van der Waals surface area contributed by atoms with Gasteiger partial charge in [0.25, 0.3) is 0 Å². The molecule has 1 unspecified atom stereocenters. The minimum atomic E-state index is -5.59. The van der Waals surface area contributed by atoms with Gasteiger partial charge in [-0.3, -0.25) is 0 Å². The predicted octanol–water partition coefficient (Wildman–Crippen LogP) is 13.6. The molecule has 0 saturated carbocycles. The molecule has 0 N–H and O–H groups in total. The van der Waals surface area contributed by atoms with Crippen LogP contribution in [0.1, 0.15) is 79.1 Å². The predicted molar refractivity (Wildman–Crippen MR) is 163 cm³/mol. The number of rotatable bonds is 15. The van der Waals surface area contributed by atoms with Crippen molar-refractivity contribution >= 4 is 14.7 Å². The number of benzene rings is 2. The van der Waals surface area contributed by atoms with Crippen LogP contribution in [0.25, 0.3) is 11.1 Å². The van der Waals surface area contributed by atoms with Gasteiger partial charge in [-0.2, -0.15) is 47.2 Å². The molecule has 272 valence electrons. The summed E-state index contributed by atoms with van der Waals surface area (Å²) in [6.07, 6.45) is 10.4. The minimum absolute atomic E-state index is 0.00722. The second-order valence-corrected chi connectivity index (χ2v) is 12.9. The van der Waals surface area contributed by atoms with Crippen molar-refractivity contribution in [1.29, 1.82) is 0 Å². The highest BCUT2D eigenvalue weighted by molar-refractivity contribution is 7.39. The fourth-order valence-electron chi connectivity index (χ4n) is 5.19. The summed E-state index contributed by atoms with van der Waals surface area (Å²) in [4.78, 5) is 0. The van der Waals surface area contributed by atoms with E-state index in [1.54, 1.807) is 25.3 Å². The van der Waals surface area contributed by atoms with E-state index in [1.807, 2.05) is 0 Å². The summed E-state index contributed by atoms with van der Waals surface area (Å²) in [5.41, 5.74) is -7.75. The first-order valence-corrected chi connectivity index (χ1v) is 16.9. The van der Waals surface area contributed by atoms with Crippen LogP contribution in [0.2, 0.25) is 25.3 Å². The Labute approximate surface area is 268 Å². The zero-order valence-corrected chi connectivity index (χ0v) is 27.9.